The Labute approximate surface area is 156 Å². The summed E-state index contributed by atoms with van der Waals surface area (Å²) in [6.07, 6.45) is 4.45. The van der Waals surface area contributed by atoms with E-state index in [1.54, 1.807) is 18.2 Å². The third-order valence-electron chi connectivity index (χ3n) is 5.11. The lowest BCUT2D eigenvalue weighted by Crippen LogP contribution is -2.42. The van der Waals surface area contributed by atoms with Gasteiger partial charge in [0, 0.05) is 16.0 Å². The number of rotatable bonds is 1. The largest absolute Gasteiger partial charge is 0.399 e. The van der Waals surface area contributed by atoms with Crippen LogP contribution in [0.4, 0.5) is 0 Å². The molecule has 0 saturated heterocycles. The molecule has 2 atom stereocenters. The molecule has 0 fully saturated rings. The zero-order valence-corrected chi connectivity index (χ0v) is 14.8. The molecule has 1 aromatic carbocycles. The number of nitrogens with zero attached hydrogens (tertiary/aromatic N) is 3. The number of fused-ring (bicyclic) bond motifs is 1. The van der Waals surface area contributed by atoms with Gasteiger partial charge in [-0.1, -0.05) is 35.3 Å². The smallest absolute Gasteiger partial charge is 0.191 e. The van der Waals surface area contributed by atoms with Gasteiger partial charge in [-0.3, -0.25) is 0 Å². The molecule has 2 aliphatic carbocycles. The van der Waals surface area contributed by atoms with E-state index < -0.39 is 11.3 Å². The van der Waals surface area contributed by atoms with Gasteiger partial charge in [0.15, 0.2) is 5.41 Å². The monoisotopic (exact) mass is 368 g/mol. The quantitative estimate of drug-likeness (QED) is 0.783. The number of nitrogens with two attached hydrogens (primary N) is 1. The van der Waals surface area contributed by atoms with Crippen molar-refractivity contribution in [2.45, 2.75) is 25.2 Å². The summed E-state index contributed by atoms with van der Waals surface area (Å²) < 4.78 is 0. The number of benzene rings is 1. The first-order valence-electron chi connectivity index (χ1n) is 7.89. The summed E-state index contributed by atoms with van der Waals surface area (Å²) in [7, 11) is 0. The third-order valence-corrected chi connectivity index (χ3v) is 5.77. The second-order valence-electron chi connectivity index (χ2n) is 6.24. The van der Waals surface area contributed by atoms with E-state index in [0.29, 0.717) is 15.6 Å². The molecule has 0 aromatic heterocycles. The molecule has 4 nitrogen and oxygen atoms in total. The van der Waals surface area contributed by atoms with Crippen LogP contribution >= 0.6 is 23.2 Å². The lowest BCUT2D eigenvalue weighted by Gasteiger charge is -2.43. The number of allylic oxidation sites excluding steroid dienone is 4. The van der Waals surface area contributed by atoms with E-state index in [4.69, 9.17) is 28.9 Å². The normalized spacial score (nSPS) is 24.4. The maximum absolute atomic E-state index is 9.93. The predicted octanol–water partition coefficient (Wildman–Crippen LogP) is 4.59. The first kappa shape index (κ1) is 17.4. The minimum atomic E-state index is -1.68. The highest BCUT2D eigenvalue weighted by atomic mass is 35.5. The highest BCUT2D eigenvalue weighted by Crippen LogP contribution is 2.57. The zero-order valence-electron chi connectivity index (χ0n) is 13.3. The van der Waals surface area contributed by atoms with Crippen molar-refractivity contribution in [1.29, 1.82) is 15.8 Å². The van der Waals surface area contributed by atoms with Crippen molar-refractivity contribution in [1.82, 2.24) is 0 Å². The SMILES string of the molecule is N#CC1=C(N)C(C#N)(C#N)[C@H](c2c(Cl)cccc2Cl)[C@H]2CCCC=C12. The summed E-state index contributed by atoms with van der Waals surface area (Å²) in [5, 5.41) is 30.2. The second-order valence-corrected chi connectivity index (χ2v) is 7.06. The molecule has 6 heteroatoms. The lowest BCUT2D eigenvalue weighted by atomic mass is 9.56. The molecule has 0 unspecified atom stereocenters. The Balaban J connectivity index is 2.41. The van der Waals surface area contributed by atoms with Crippen molar-refractivity contribution in [3.63, 3.8) is 0 Å². The van der Waals surface area contributed by atoms with Crippen LogP contribution in [0.15, 0.2) is 41.1 Å². The van der Waals surface area contributed by atoms with Crippen LogP contribution in [0.1, 0.15) is 30.7 Å². The first-order valence-corrected chi connectivity index (χ1v) is 8.64. The van der Waals surface area contributed by atoms with Crippen LogP contribution in [0.25, 0.3) is 0 Å². The molecule has 0 radical (unpaired) electrons. The molecule has 0 heterocycles. The van der Waals surface area contributed by atoms with Crippen molar-refractivity contribution in [3.8, 4) is 18.2 Å². The minimum absolute atomic E-state index is 0.00890. The van der Waals surface area contributed by atoms with Gasteiger partial charge in [0.05, 0.1) is 23.4 Å². The van der Waals surface area contributed by atoms with Gasteiger partial charge in [0.2, 0.25) is 0 Å². The van der Waals surface area contributed by atoms with Gasteiger partial charge in [-0.2, -0.15) is 15.8 Å². The molecule has 2 aliphatic rings. The Hall–Kier alpha value is -2.45. The molecule has 1 aromatic rings. The molecule has 2 N–H and O–H groups in total. The highest BCUT2D eigenvalue weighted by molar-refractivity contribution is 6.36. The molecule has 3 rings (SSSR count). The van der Waals surface area contributed by atoms with Crippen LogP contribution in [0, 0.1) is 45.3 Å². The van der Waals surface area contributed by atoms with Crippen molar-refractivity contribution < 1.29 is 0 Å². The topological polar surface area (TPSA) is 97.4 Å². The van der Waals surface area contributed by atoms with Crippen molar-refractivity contribution in [3.05, 3.63) is 56.7 Å². The molecular formula is C19H14Cl2N4. The van der Waals surface area contributed by atoms with E-state index in [9.17, 15) is 15.8 Å². The molecule has 0 saturated carbocycles. The fourth-order valence-electron chi connectivity index (χ4n) is 3.99. The van der Waals surface area contributed by atoms with E-state index in [1.165, 1.54) is 0 Å². The van der Waals surface area contributed by atoms with Crippen molar-refractivity contribution in [2.75, 3.05) is 0 Å². The Morgan fingerprint density at radius 1 is 1.12 bits per heavy atom. The van der Waals surface area contributed by atoms with Gasteiger partial charge in [0.1, 0.15) is 6.07 Å². The second kappa shape index (κ2) is 6.45. The maximum atomic E-state index is 9.93. The summed E-state index contributed by atoms with van der Waals surface area (Å²) >= 11 is 12.8. The van der Waals surface area contributed by atoms with E-state index in [2.05, 4.69) is 18.2 Å². The Kier molecular flexibility index (Phi) is 4.49. The maximum Gasteiger partial charge on any atom is 0.191 e. The van der Waals surface area contributed by atoms with Gasteiger partial charge in [0.25, 0.3) is 0 Å². The minimum Gasteiger partial charge on any atom is -0.399 e. The van der Waals surface area contributed by atoms with E-state index in [-0.39, 0.29) is 17.2 Å². The van der Waals surface area contributed by atoms with Crippen LogP contribution in [-0.4, -0.2) is 0 Å². The summed E-state index contributed by atoms with van der Waals surface area (Å²) in [6.45, 7) is 0. The van der Waals surface area contributed by atoms with Crippen LogP contribution in [0.2, 0.25) is 10.0 Å². The average molecular weight is 369 g/mol. The number of nitriles is 3. The van der Waals surface area contributed by atoms with Crippen LogP contribution in [-0.2, 0) is 0 Å². The molecule has 0 spiro atoms. The Bertz CT molecular complexity index is 890. The van der Waals surface area contributed by atoms with E-state index in [0.717, 1.165) is 24.8 Å². The zero-order chi connectivity index (χ0) is 18.2. The van der Waals surface area contributed by atoms with Gasteiger partial charge in [-0.25, -0.2) is 0 Å². The highest BCUT2D eigenvalue weighted by Gasteiger charge is 2.54. The van der Waals surface area contributed by atoms with Crippen molar-refractivity contribution in [2.24, 2.45) is 17.1 Å². The van der Waals surface area contributed by atoms with Crippen LogP contribution in [0.5, 0.6) is 0 Å². The molecule has 25 heavy (non-hydrogen) atoms. The van der Waals surface area contributed by atoms with Gasteiger partial charge < -0.3 is 5.73 Å². The first-order chi connectivity index (χ1) is 12.0. The van der Waals surface area contributed by atoms with Crippen molar-refractivity contribution >= 4 is 23.2 Å². The van der Waals surface area contributed by atoms with Crippen LogP contribution in [0.3, 0.4) is 0 Å². The average Bonchev–Trinajstić information content (AvgIpc) is 2.62. The fourth-order valence-corrected chi connectivity index (χ4v) is 4.63. The predicted molar refractivity (Wildman–Crippen MR) is 95.1 cm³/mol. The van der Waals surface area contributed by atoms with Crippen LogP contribution < -0.4 is 5.73 Å². The van der Waals surface area contributed by atoms with E-state index >= 15 is 0 Å². The van der Waals surface area contributed by atoms with Gasteiger partial charge in [-0.05, 0) is 48.4 Å². The van der Waals surface area contributed by atoms with E-state index in [1.807, 2.05) is 6.08 Å². The lowest BCUT2D eigenvalue weighted by molar-refractivity contribution is 0.317. The fraction of sp³-hybridized carbons (Fsp3) is 0.316. The Morgan fingerprint density at radius 2 is 1.76 bits per heavy atom. The standard InChI is InChI=1S/C19H14Cl2N4/c20-14-6-3-7-15(21)16(14)17-12-5-2-1-4-11(12)13(8-22)18(25)19(17,9-23)10-24/h3-4,6-7,12,17H,1-2,5,25H2/t12-,17-/m0/s1. The molecule has 0 amide bonds. The summed E-state index contributed by atoms with van der Waals surface area (Å²) in [4.78, 5) is 0. The Morgan fingerprint density at radius 3 is 2.32 bits per heavy atom. The molecule has 0 bridgehead atoms. The summed E-state index contributed by atoms with van der Waals surface area (Å²) in [6, 6.07) is 11.3. The summed E-state index contributed by atoms with van der Waals surface area (Å²) in [5.41, 5.74) is 6.11. The third kappa shape index (κ3) is 2.40. The van der Waals surface area contributed by atoms with Gasteiger partial charge in [-0.15, -0.1) is 0 Å². The molecule has 124 valence electrons. The molecular weight excluding hydrogens is 355 g/mol. The molecule has 0 aliphatic heterocycles. The number of halogens is 2. The summed E-state index contributed by atoms with van der Waals surface area (Å²) in [5.74, 6) is -0.820. The van der Waals surface area contributed by atoms with Gasteiger partial charge >= 0.3 is 0 Å². The number of hydrogen-bond acceptors (Lipinski definition) is 4. The number of hydrogen-bond donors (Lipinski definition) is 1.